The van der Waals surface area contributed by atoms with Gasteiger partial charge in [-0.25, -0.2) is 9.59 Å². The van der Waals surface area contributed by atoms with E-state index in [4.69, 9.17) is 15.4 Å². The van der Waals surface area contributed by atoms with Gasteiger partial charge in [0.15, 0.2) is 5.00 Å². The monoisotopic (exact) mass is 622 g/mol. The number of nitrogens with two attached hydrogens (primary N) is 1. The minimum Gasteiger partial charge on any atom is -0.459 e. The highest BCUT2D eigenvalue weighted by atomic mass is 32.1. The molecule has 0 radical (unpaired) electrons. The van der Waals surface area contributed by atoms with E-state index in [0.29, 0.717) is 39.7 Å². The first-order chi connectivity index (χ1) is 21.1. The number of unbranched alkanes of at least 4 members (excludes halogenated alkanes) is 3. The van der Waals surface area contributed by atoms with Crippen LogP contribution in [0.4, 0.5) is 16.4 Å². The van der Waals surface area contributed by atoms with Crippen LogP contribution in [-0.2, 0) is 23.9 Å². The van der Waals surface area contributed by atoms with Gasteiger partial charge in [0.05, 0.1) is 24.0 Å². The number of nitriles is 2. The Morgan fingerprint density at radius 1 is 1.02 bits per heavy atom. The summed E-state index contributed by atoms with van der Waals surface area (Å²) < 4.78 is 11.2. The van der Waals surface area contributed by atoms with E-state index in [2.05, 4.69) is 45.1 Å². The summed E-state index contributed by atoms with van der Waals surface area (Å²) in [5.74, 6) is 3.24. The van der Waals surface area contributed by atoms with Gasteiger partial charge in [0, 0.05) is 37.3 Å². The lowest BCUT2D eigenvalue weighted by Crippen LogP contribution is -2.29. The largest absolute Gasteiger partial charge is 0.459 e. The lowest BCUT2D eigenvalue weighted by Gasteiger charge is -2.27. The van der Waals surface area contributed by atoms with Crippen molar-refractivity contribution < 1.29 is 23.9 Å². The van der Waals surface area contributed by atoms with Crippen LogP contribution < -0.4 is 10.8 Å². The second-order valence-corrected chi connectivity index (χ2v) is 11.5. The molecule has 2 aromatic rings. The second-order valence-electron chi connectivity index (χ2n) is 10.5. The van der Waals surface area contributed by atoms with Gasteiger partial charge in [-0.15, -0.1) is 21.6 Å². The van der Waals surface area contributed by atoms with Crippen molar-refractivity contribution >= 4 is 39.7 Å². The molecule has 0 bridgehead atoms. The molecule has 236 valence electrons. The maximum atomic E-state index is 11.8. The highest BCUT2D eigenvalue weighted by Gasteiger charge is 2.16. The molecule has 1 heterocycles. The first kappa shape index (κ1) is 36.1. The quantitative estimate of drug-likeness (QED) is 0.0606. The zero-order valence-corrected chi connectivity index (χ0v) is 27.0. The molecule has 0 aliphatic carbocycles. The van der Waals surface area contributed by atoms with Crippen LogP contribution in [0.5, 0.6) is 0 Å². The third-order valence-electron chi connectivity index (χ3n) is 6.94. The minimum absolute atomic E-state index is 0.00804. The number of ether oxygens (including phenoxy) is 2. The molecule has 0 aliphatic heterocycles. The maximum absolute atomic E-state index is 11.8. The van der Waals surface area contributed by atoms with Gasteiger partial charge in [0.2, 0.25) is 0 Å². The van der Waals surface area contributed by atoms with E-state index in [-0.39, 0.29) is 12.2 Å². The number of azo groups is 1. The van der Waals surface area contributed by atoms with Crippen molar-refractivity contribution in [2.75, 3.05) is 24.6 Å². The summed E-state index contributed by atoms with van der Waals surface area (Å²) in [6, 6.07) is 10.3. The molecular weight excluding hydrogens is 580 g/mol. The Morgan fingerprint density at radius 3 is 2.43 bits per heavy atom. The van der Waals surface area contributed by atoms with E-state index in [1.54, 1.807) is 13.8 Å². The Kier molecular flexibility index (Phi) is 15.8. The molecule has 0 saturated heterocycles. The molecule has 1 aromatic carbocycles. The highest BCUT2D eigenvalue weighted by Crippen LogP contribution is 2.36. The van der Waals surface area contributed by atoms with Crippen LogP contribution in [0.1, 0.15) is 80.9 Å². The first-order valence-corrected chi connectivity index (χ1v) is 15.6. The van der Waals surface area contributed by atoms with Crippen LogP contribution in [0.15, 0.2) is 40.6 Å². The van der Waals surface area contributed by atoms with Crippen molar-refractivity contribution in [3.8, 4) is 12.1 Å². The average Bonchev–Trinajstić information content (AvgIpc) is 3.32. The topological polar surface area (TPSA) is 163 Å². The molecule has 1 aromatic heterocycles. The van der Waals surface area contributed by atoms with Gasteiger partial charge in [-0.2, -0.15) is 16.4 Å². The van der Waals surface area contributed by atoms with Gasteiger partial charge in [0.25, 0.3) is 0 Å². The van der Waals surface area contributed by atoms with Crippen molar-refractivity contribution in [1.82, 2.24) is 0 Å². The fourth-order valence-electron chi connectivity index (χ4n) is 4.28. The van der Waals surface area contributed by atoms with Gasteiger partial charge in [0.1, 0.15) is 23.1 Å². The van der Waals surface area contributed by atoms with Crippen LogP contribution in [0, 0.1) is 36.5 Å². The molecule has 0 fully saturated rings. The zero-order valence-electron chi connectivity index (χ0n) is 26.2. The van der Waals surface area contributed by atoms with Crippen LogP contribution >= 0.6 is 11.3 Å². The summed E-state index contributed by atoms with van der Waals surface area (Å²) in [6.45, 7) is 11.9. The zero-order chi connectivity index (χ0) is 32.5. The number of hydrogen-bond donors (Lipinski definition) is 1. The van der Waals surface area contributed by atoms with Crippen LogP contribution in [-0.4, -0.2) is 43.8 Å². The number of carbonyl (C=O) groups excluding carboxylic acids is 2. The van der Waals surface area contributed by atoms with E-state index in [1.165, 1.54) is 24.2 Å². The summed E-state index contributed by atoms with van der Waals surface area (Å²) in [4.78, 5) is 29.6. The molecule has 0 amide bonds. The van der Waals surface area contributed by atoms with Crippen molar-refractivity contribution in [3.05, 3.63) is 51.9 Å². The molecule has 2 N–H and O–H groups in total. The highest BCUT2D eigenvalue weighted by molar-refractivity contribution is 7.16. The first-order valence-electron chi connectivity index (χ1n) is 14.7. The number of esters is 1. The van der Waals surface area contributed by atoms with E-state index in [9.17, 15) is 20.1 Å². The number of carbonyl (C=O) groups is 2. The van der Waals surface area contributed by atoms with Gasteiger partial charge >= 0.3 is 11.9 Å². The summed E-state index contributed by atoms with van der Waals surface area (Å²) in [6.07, 6.45) is 7.42. The lowest BCUT2D eigenvalue weighted by molar-refractivity contribution is -0.144. The van der Waals surface area contributed by atoms with Crippen molar-refractivity contribution in [2.45, 2.75) is 85.4 Å². The Labute approximate surface area is 263 Å². The molecule has 12 heteroatoms. The molecule has 11 nitrogen and oxygen atoms in total. The van der Waals surface area contributed by atoms with E-state index in [1.807, 2.05) is 26.0 Å². The molecule has 0 saturated carbocycles. The average molecular weight is 623 g/mol. The number of nitrogens with zero attached hydrogens (tertiary/aromatic N) is 5. The molecule has 2 rings (SSSR count). The fourth-order valence-corrected chi connectivity index (χ4v) is 5.16. The van der Waals surface area contributed by atoms with E-state index >= 15 is 0 Å². The van der Waals surface area contributed by atoms with Crippen molar-refractivity contribution in [1.29, 1.82) is 10.5 Å². The summed E-state index contributed by atoms with van der Waals surface area (Å²) in [7, 11) is 0. The second kappa shape index (κ2) is 19.2. The number of thiophene rings is 1. The Hall–Kier alpha value is -4.10. The molecule has 0 aliphatic rings. The van der Waals surface area contributed by atoms with Crippen molar-refractivity contribution in [2.24, 2.45) is 16.1 Å². The SMILES string of the molecule is CCCCCCN(CCC(C)OCCC(C)OC(=O)C=CC(=O)ON)c1ccc(N=Nc2sc(C#N)c(C)c2C#N)c(C)c1. The smallest absolute Gasteiger partial charge is 0.349 e. The summed E-state index contributed by atoms with van der Waals surface area (Å²) >= 11 is 1.17. The van der Waals surface area contributed by atoms with Crippen LogP contribution in [0.25, 0.3) is 0 Å². The number of hydrogen-bond acceptors (Lipinski definition) is 12. The standard InChI is InChI=1S/C32H42N6O5S/c1-6-7-8-9-16-38(17-14-23(3)41-18-15-24(4)42-30(39)12-13-31(40)43-35)26-10-11-28(22(2)19-26)36-37-32-27(20-33)25(5)29(21-34)44-32/h10-13,19,23-24H,6-9,14-18,35H2,1-5H3. The van der Waals surface area contributed by atoms with Gasteiger partial charge < -0.3 is 19.2 Å². The Morgan fingerprint density at radius 2 is 1.77 bits per heavy atom. The van der Waals surface area contributed by atoms with Crippen LogP contribution in [0.2, 0.25) is 0 Å². The summed E-state index contributed by atoms with van der Waals surface area (Å²) in [5, 5.41) is 27.9. The Balaban J connectivity index is 1.99. The van der Waals surface area contributed by atoms with E-state index < -0.39 is 11.9 Å². The van der Waals surface area contributed by atoms with E-state index in [0.717, 1.165) is 55.8 Å². The number of anilines is 1. The van der Waals surface area contributed by atoms with Gasteiger partial charge in [-0.05, 0) is 69.9 Å². The normalized spacial score (nSPS) is 12.5. The van der Waals surface area contributed by atoms with Gasteiger partial charge in [-0.3, -0.25) is 0 Å². The Bertz CT molecular complexity index is 1390. The predicted octanol–water partition coefficient (Wildman–Crippen LogP) is 7.00. The number of rotatable bonds is 18. The molecule has 44 heavy (non-hydrogen) atoms. The third-order valence-corrected chi connectivity index (χ3v) is 8.02. The third kappa shape index (κ3) is 11.9. The van der Waals surface area contributed by atoms with Crippen LogP contribution in [0.3, 0.4) is 0 Å². The molecule has 2 unspecified atom stereocenters. The minimum atomic E-state index is -0.835. The number of benzene rings is 1. The predicted molar refractivity (Wildman–Crippen MR) is 170 cm³/mol. The molecular formula is C32H42N6O5S. The molecule has 2 atom stereocenters. The summed E-state index contributed by atoms with van der Waals surface area (Å²) in [5.41, 5.74) is 3.78. The number of aryl methyl sites for hydroxylation is 1. The lowest BCUT2D eigenvalue weighted by atomic mass is 10.1. The van der Waals surface area contributed by atoms with Gasteiger partial charge in [-0.1, -0.05) is 26.2 Å². The maximum Gasteiger partial charge on any atom is 0.349 e. The molecule has 0 spiro atoms. The fraction of sp³-hybridized carbons (Fsp3) is 0.500. The van der Waals surface area contributed by atoms with Crippen molar-refractivity contribution in [3.63, 3.8) is 0 Å².